The van der Waals surface area contributed by atoms with Gasteiger partial charge in [-0.05, 0) is 45.5 Å². The fourth-order valence-corrected chi connectivity index (χ4v) is 2.61. The van der Waals surface area contributed by atoms with Crippen molar-refractivity contribution in [3.05, 3.63) is 35.9 Å². The van der Waals surface area contributed by atoms with Crippen molar-refractivity contribution in [2.75, 3.05) is 27.2 Å². The van der Waals surface area contributed by atoms with Gasteiger partial charge in [0.25, 0.3) is 0 Å². The van der Waals surface area contributed by atoms with Crippen LogP contribution in [-0.2, 0) is 11.2 Å². The average Bonchev–Trinajstić information content (AvgIpc) is 2.46. The highest BCUT2D eigenvalue weighted by Crippen LogP contribution is 2.07. The lowest BCUT2D eigenvalue weighted by Gasteiger charge is -2.20. The summed E-state index contributed by atoms with van der Waals surface area (Å²) in [5.74, 6) is -0.734. The molecule has 0 fully saturated rings. The van der Waals surface area contributed by atoms with Crippen LogP contribution in [0, 0.1) is 0 Å². The van der Waals surface area contributed by atoms with E-state index in [1.807, 2.05) is 19.0 Å². The largest absolute Gasteiger partial charge is 0.481 e. The van der Waals surface area contributed by atoms with E-state index in [0.29, 0.717) is 0 Å². The van der Waals surface area contributed by atoms with Crippen LogP contribution in [0.25, 0.3) is 0 Å². The van der Waals surface area contributed by atoms with Gasteiger partial charge in [0.2, 0.25) is 0 Å². The zero-order chi connectivity index (χ0) is 16.2. The van der Waals surface area contributed by atoms with Crippen LogP contribution in [0.2, 0.25) is 0 Å². The summed E-state index contributed by atoms with van der Waals surface area (Å²) in [5.41, 5.74) is 1.41. The van der Waals surface area contributed by atoms with Crippen molar-refractivity contribution in [3.8, 4) is 0 Å². The normalized spacial score (nSPS) is 12.5. The summed E-state index contributed by atoms with van der Waals surface area (Å²) in [6.07, 6.45) is 6.09. The Labute approximate surface area is 134 Å². The van der Waals surface area contributed by atoms with Gasteiger partial charge in [0, 0.05) is 12.6 Å². The van der Waals surface area contributed by atoms with Gasteiger partial charge in [-0.1, -0.05) is 43.2 Å². The van der Waals surface area contributed by atoms with Crippen molar-refractivity contribution in [3.63, 3.8) is 0 Å². The van der Waals surface area contributed by atoms with Crippen LogP contribution >= 0.6 is 0 Å². The first kappa shape index (κ1) is 18.7. The second-order valence-corrected chi connectivity index (χ2v) is 6.16. The number of carbonyl (C=O) groups is 1. The van der Waals surface area contributed by atoms with Crippen molar-refractivity contribution in [2.45, 2.75) is 44.6 Å². The number of hydrogen-bond donors (Lipinski definition) is 2. The summed E-state index contributed by atoms with van der Waals surface area (Å²) in [4.78, 5) is 12.9. The molecule has 0 aliphatic heterocycles. The van der Waals surface area contributed by atoms with Crippen molar-refractivity contribution in [1.82, 2.24) is 10.2 Å². The first-order valence-corrected chi connectivity index (χ1v) is 8.21. The number of benzene rings is 1. The zero-order valence-electron chi connectivity index (χ0n) is 13.9. The first-order valence-electron chi connectivity index (χ1n) is 8.21. The summed E-state index contributed by atoms with van der Waals surface area (Å²) in [7, 11) is 3.94. The van der Waals surface area contributed by atoms with Crippen molar-refractivity contribution in [2.24, 2.45) is 0 Å². The maximum atomic E-state index is 10.8. The summed E-state index contributed by atoms with van der Waals surface area (Å²) in [5, 5.41) is 12.3. The van der Waals surface area contributed by atoms with Crippen LogP contribution in [0.15, 0.2) is 30.3 Å². The maximum Gasteiger partial charge on any atom is 0.304 e. The highest BCUT2D eigenvalue weighted by atomic mass is 16.4. The minimum atomic E-state index is -0.734. The predicted molar refractivity (Wildman–Crippen MR) is 91.2 cm³/mol. The minimum absolute atomic E-state index is 0.0387. The van der Waals surface area contributed by atoms with Crippen LogP contribution in [0.3, 0.4) is 0 Å². The number of rotatable bonds is 12. The Morgan fingerprint density at radius 1 is 1.14 bits per heavy atom. The fourth-order valence-electron chi connectivity index (χ4n) is 2.61. The van der Waals surface area contributed by atoms with Gasteiger partial charge in [0.15, 0.2) is 0 Å². The molecule has 0 saturated heterocycles. The summed E-state index contributed by atoms with van der Waals surface area (Å²) in [6.45, 7) is 1.66. The van der Waals surface area contributed by atoms with Crippen molar-refractivity contribution >= 4 is 5.97 Å². The van der Waals surface area contributed by atoms with E-state index in [-0.39, 0.29) is 12.5 Å². The number of likely N-dealkylation sites (N-methyl/N-ethyl adjacent to an activating group) is 1. The van der Waals surface area contributed by atoms with Gasteiger partial charge in [-0.3, -0.25) is 4.79 Å². The molecule has 0 spiro atoms. The van der Waals surface area contributed by atoms with Crippen LogP contribution in [0.5, 0.6) is 0 Å². The molecule has 1 aromatic carbocycles. The molecule has 22 heavy (non-hydrogen) atoms. The van der Waals surface area contributed by atoms with E-state index >= 15 is 0 Å². The molecule has 1 atom stereocenters. The first-order chi connectivity index (χ1) is 10.6. The van der Waals surface area contributed by atoms with Crippen LogP contribution < -0.4 is 5.32 Å². The maximum absolute atomic E-state index is 10.8. The molecule has 0 amide bonds. The number of aryl methyl sites for hydroxylation is 1. The quantitative estimate of drug-likeness (QED) is 0.583. The minimum Gasteiger partial charge on any atom is -0.481 e. The SMILES string of the molecule is CN(C)C[C@@H](CC(=O)O)NCCCCCCc1ccccc1. The van der Waals surface area contributed by atoms with Gasteiger partial charge >= 0.3 is 5.97 Å². The Kier molecular flexibility index (Phi) is 9.51. The van der Waals surface area contributed by atoms with Gasteiger partial charge < -0.3 is 15.3 Å². The Morgan fingerprint density at radius 2 is 1.82 bits per heavy atom. The fraction of sp³-hybridized carbons (Fsp3) is 0.611. The number of nitrogens with one attached hydrogen (secondary N) is 1. The number of carboxylic acids is 1. The lowest BCUT2D eigenvalue weighted by molar-refractivity contribution is -0.137. The monoisotopic (exact) mass is 306 g/mol. The van der Waals surface area contributed by atoms with E-state index in [1.165, 1.54) is 24.8 Å². The summed E-state index contributed by atoms with van der Waals surface area (Å²) in [6, 6.07) is 10.6. The Hall–Kier alpha value is -1.39. The number of aliphatic carboxylic acids is 1. The summed E-state index contributed by atoms with van der Waals surface area (Å²) >= 11 is 0. The second kappa shape index (κ2) is 11.2. The third-order valence-corrected chi connectivity index (χ3v) is 3.67. The van der Waals surface area contributed by atoms with Crippen LogP contribution in [0.4, 0.5) is 0 Å². The number of hydrogen-bond acceptors (Lipinski definition) is 3. The third kappa shape index (κ3) is 9.53. The smallest absolute Gasteiger partial charge is 0.304 e. The molecule has 0 aromatic heterocycles. The molecule has 1 rings (SSSR count). The second-order valence-electron chi connectivity index (χ2n) is 6.16. The molecular formula is C18H30N2O2. The highest BCUT2D eigenvalue weighted by molar-refractivity contribution is 5.67. The molecule has 124 valence electrons. The predicted octanol–water partition coefficient (Wildman–Crippen LogP) is 2.78. The van der Waals surface area contributed by atoms with E-state index in [2.05, 4.69) is 35.6 Å². The lowest BCUT2D eigenvalue weighted by Crippen LogP contribution is -2.40. The molecule has 0 bridgehead atoms. The van der Waals surface area contributed by atoms with Gasteiger partial charge in [-0.2, -0.15) is 0 Å². The summed E-state index contributed by atoms with van der Waals surface area (Å²) < 4.78 is 0. The van der Waals surface area contributed by atoms with Crippen LogP contribution in [0.1, 0.15) is 37.7 Å². The molecule has 4 heteroatoms. The molecule has 0 radical (unpaired) electrons. The van der Waals surface area contributed by atoms with Gasteiger partial charge in [-0.25, -0.2) is 0 Å². The van der Waals surface area contributed by atoms with Gasteiger partial charge in [-0.15, -0.1) is 0 Å². The molecule has 0 heterocycles. The lowest BCUT2D eigenvalue weighted by atomic mass is 10.1. The third-order valence-electron chi connectivity index (χ3n) is 3.67. The number of nitrogens with zero attached hydrogens (tertiary/aromatic N) is 1. The highest BCUT2D eigenvalue weighted by Gasteiger charge is 2.12. The van der Waals surface area contributed by atoms with Gasteiger partial charge in [0.1, 0.15) is 0 Å². The van der Waals surface area contributed by atoms with E-state index in [9.17, 15) is 4.79 Å². The van der Waals surface area contributed by atoms with E-state index in [1.54, 1.807) is 0 Å². The Bertz CT molecular complexity index is 407. The Balaban J connectivity index is 2.06. The molecule has 0 saturated carbocycles. The van der Waals surface area contributed by atoms with E-state index in [4.69, 9.17) is 5.11 Å². The van der Waals surface area contributed by atoms with Gasteiger partial charge in [0.05, 0.1) is 6.42 Å². The molecule has 2 N–H and O–H groups in total. The van der Waals surface area contributed by atoms with Crippen molar-refractivity contribution in [1.29, 1.82) is 0 Å². The number of carboxylic acid groups (broad SMARTS) is 1. The Morgan fingerprint density at radius 3 is 2.45 bits per heavy atom. The van der Waals surface area contributed by atoms with Crippen LogP contribution in [-0.4, -0.2) is 49.2 Å². The standard InChI is InChI=1S/C18H30N2O2/c1-20(2)15-17(14-18(21)22)19-13-9-4-3-6-10-16-11-7-5-8-12-16/h5,7-8,11-12,17,19H,3-4,6,9-10,13-15H2,1-2H3,(H,21,22)/t17-/m1/s1. The molecule has 0 aliphatic carbocycles. The van der Waals surface area contributed by atoms with Crippen molar-refractivity contribution < 1.29 is 9.90 Å². The molecule has 1 aromatic rings. The zero-order valence-corrected chi connectivity index (χ0v) is 13.9. The number of unbranched alkanes of at least 4 members (excludes halogenated alkanes) is 3. The van der Waals surface area contributed by atoms with E-state index in [0.717, 1.165) is 25.9 Å². The average molecular weight is 306 g/mol. The topological polar surface area (TPSA) is 52.6 Å². The molecule has 0 unspecified atom stereocenters. The molecule has 4 nitrogen and oxygen atoms in total. The van der Waals surface area contributed by atoms with E-state index < -0.39 is 5.97 Å². The molecule has 0 aliphatic rings. The molecular weight excluding hydrogens is 276 g/mol.